The van der Waals surface area contributed by atoms with Crippen molar-refractivity contribution < 1.29 is 25.9 Å². The fourth-order valence-corrected chi connectivity index (χ4v) is 4.46. The van der Waals surface area contributed by atoms with E-state index in [1.807, 2.05) is 0 Å². The maximum Gasteiger partial charge on any atom is 0.276 e. The van der Waals surface area contributed by atoms with Crippen LogP contribution in [0.15, 0.2) is 33.8 Å². The summed E-state index contributed by atoms with van der Waals surface area (Å²) in [7, 11) is -9.60. The van der Waals surface area contributed by atoms with Crippen molar-refractivity contribution in [2.24, 2.45) is 16.2 Å². The third-order valence-electron chi connectivity index (χ3n) is 3.12. The minimum atomic E-state index is -4.85. The van der Waals surface area contributed by atoms with Gasteiger partial charge in [-0.2, -0.15) is 16.8 Å². The van der Waals surface area contributed by atoms with Crippen LogP contribution in [0.2, 0.25) is 0 Å². The smallest absolute Gasteiger partial charge is 0.276 e. The second-order valence-electron chi connectivity index (χ2n) is 4.10. The fourth-order valence-electron chi connectivity index (χ4n) is 1.85. The monoisotopic (exact) mass is 311 g/mol. The van der Waals surface area contributed by atoms with Crippen LogP contribution in [0.25, 0.3) is 0 Å². The van der Waals surface area contributed by atoms with E-state index in [0.29, 0.717) is 0 Å². The van der Waals surface area contributed by atoms with Gasteiger partial charge in [0, 0.05) is 0 Å². The van der Waals surface area contributed by atoms with Crippen molar-refractivity contribution in [3.63, 3.8) is 0 Å². The van der Waals surface area contributed by atoms with Gasteiger partial charge in [0.05, 0.1) is 5.70 Å². The molecular formula is C8H13N3O6S2. The molecule has 0 spiro atoms. The summed E-state index contributed by atoms with van der Waals surface area (Å²) in [5.74, 6) is 4.85. The molecule has 1 rings (SSSR count). The summed E-state index contributed by atoms with van der Waals surface area (Å²) >= 11 is 0. The lowest BCUT2D eigenvalue weighted by Crippen LogP contribution is -2.51. The van der Waals surface area contributed by atoms with Gasteiger partial charge in [-0.1, -0.05) is 11.3 Å². The van der Waals surface area contributed by atoms with Gasteiger partial charge in [0.25, 0.3) is 20.2 Å². The van der Waals surface area contributed by atoms with Gasteiger partial charge in [-0.3, -0.25) is 9.11 Å². The maximum atomic E-state index is 11.5. The Kier molecular flexibility index (Phi) is 3.87. The Morgan fingerprint density at radius 1 is 1.32 bits per heavy atom. The summed E-state index contributed by atoms with van der Waals surface area (Å²) < 4.78 is 61.8. The third-order valence-corrected chi connectivity index (χ3v) is 6.17. The van der Waals surface area contributed by atoms with E-state index in [4.69, 9.17) is 10.4 Å². The minimum Gasteiger partial charge on any atom is -0.305 e. The fraction of sp³-hybridized carbons (Fsp3) is 0.500. The van der Waals surface area contributed by atoms with Gasteiger partial charge in [-0.25, -0.2) is 0 Å². The lowest BCUT2D eigenvalue weighted by molar-refractivity contribution is 0.426. The van der Waals surface area contributed by atoms with Gasteiger partial charge in [0.2, 0.25) is 0 Å². The van der Waals surface area contributed by atoms with Crippen LogP contribution in [0.1, 0.15) is 13.8 Å². The van der Waals surface area contributed by atoms with Crippen LogP contribution in [0.5, 0.6) is 0 Å². The summed E-state index contributed by atoms with van der Waals surface area (Å²) in [6, 6.07) is 0. The molecule has 1 aliphatic rings. The molecular weight excluding hydrogens is 298 g/mol. The molecule has 2 atom stereocenters. The van der Waals surface area contributed by atoms with E-state index in [1.165, 1.54) is 6.92 Å². The Balaban J connectivity index is 3.69. The van der Waals surface area contributed by atoms with E-state index in [1.54, 1.807) is 0 Å². The van der Waals surface area contributed by atoms with Crippen LogP contribution in [0.4, 0.5) is 0 Å². The molecule has 0 heterocycles. The van der Waals surface area contributed by atoms with Crippen molar-refractivity contribution in [3.05, 3.63) is 23.4 Å². The molecule has 2 unspecified atom stereocenters. The van der Waals surface area contributed by atoms with Crippen LogP contribution >= 0.6 is 0 Å². The first-order chi connectivity index (χ1) is 8.46. The Morgan fingerprint density at radius 2 is 1.84 bits per heavy atom. The minimum absolute atomic E-state index is 0.0116. The van der Waals surface area contributed by atoms with E-state index in [0.717, 1.165) is 19.1 Å². The first-order valence-corrected chi connectivity index (χ1v) is 7.84. The molecule has 0 amide bonds. The highest BCUT2D eigenvalue weighted by Gasteiger charge is 2.54. The van der Waals surface area contributed by atoms with Crippen molar-refractivity contribution in [1.82, 2.24) is 0 Å². The predicted molar refractivity (Wildman–Crippen MR) is 66.2 cm³/mol. The van der Waals surface area contributed by atoms with Gasteiger partial charge >= 0.3 is 0 Å². The molecule has 108 valence electrons. The lowest BCUT2D eigenvalue weighted by Gasteiger charge is -2.34. The highest BCUT2D eigenvalue weighted by Crippen LogP contribution is 2.39. The largest absolute Gasteiger partial charge is 0.305 e. The molecule has 0 aromatic carbocycles. The molecule has 0 radical (unpaired) electrons. The van der Waals surface area contributed by atoms with Crippen LogP contribution in [-0.4, -0.2) is 35.9 Å². The van der Waals surface area contributed by atoms with Gasteiger partial charge in [0.1, 0.15) is 10.00 Å². The first kappa shape index (κ1) is 15.8. The highest BCUT2D eigenvalue weighted by molar-refractivity contribution is 7.91. The van der Waals surface area contributed by atoms with Crippen molar-refractivity contribution in [1.29, 1.82) is 0 Å². The molecule has 0 aliphatic heterocycles. The van der Waals surface area contributed by atoms with E-state index >= 15 is 0 Å². The third kappa shape index (κ3) is 2.54. The van der Waals surface area contributed by atoms with Crippen LogP contribution in [-0.2, 0) is 20.2 Å². The zero-order chi connectivity index (χ0) is 15.1. The molecule has 19 heavy (non-hydrogen) atoms. The average molecular weight is 311 g/mol. The van der Waals surface area contributed by atoms with Gasteiger partial charge < -0.3 is 5.84 Å². The Morgan fingerprint density at radius 3 is 2.21 bits per heavy atom. The van der Waals surface area contributed by atoms with Crippen LogP contribution in [0.3, 0.4) is 0 Å². The van der Waals surface area contributed by atoms with E-state index in [2.05, 4.69) is 10.3 Å². The van der Waals surface area contributed by atoms with E-state index in [9.17, 15) is 21.4 Å². The van der Waals surface area contributed by atoms with Crippen LogP contribution in [0, 0.1) is 0 Å². The summed E-state index contributed by atoms with van der Waals surface area (Å²) in [5.41, 5.74) is -0.114. The molecule has 0 fully saturated rings. The Hall–Kier alpha value is -1.30. The predicted octanol–water partition coefficient (Wildman–Crippen LogP) is 0.0590. The molecule has 0 saturated carbocycles. The molecule has 1 aliphatic carbocycles. The number of hydrogen-bond donors (Lipinski definition) is 3. The SMILES string of the molecule is CC1=C(N=NN)C=CC(S(=O)(=O)O)C1(C)S(=O)(=O)O. The molecule has 0 bridgehead atoms. The van der Waals surface area contributed by atoms with Gasteiger partial charge in [-0.05, 0) is 25.5 Å². The van der Waals surface area contributed by atoms with E-state index < -0.39 is 30.2 Å². The topological polar surface area (TPSA) is 159 Å². The molecule has 0 aromatic rings. The lowest BCUT2D eigenvalue weighted by atomic mass is 9.91. The van der Waals surface area contributed by atoms with Crippen LogP contribution < -0.4 is 5.84 Å². The van der Waals surface area contributed by atoms with Crippen molar-refractivity contribution in [3.8, 4) is 0 Å². The van der Waals surface area contributed by atoms with E-state index in [-0.39, 0.29) is 11.3 Å². The zero-order valence-electron chi connectivity index (χ0n) is 10.0. The number of rotatable bonds is 3. The second kappa shape index (κ2) is 4.67. The molecule has 4 N–H and O–H groups in total. The number of allylic oxidation sites excluding steroid dienone is 1. The normalized spacial score (nSPS) is 29.2. The van der Waals surface area contributed by atoms with Gasteiger partial charge in [-0.15, -0.1) is 5.11 Å². The number of nitrogens with zero attached hydrogens (tertiary/aromatic N) is 2. The van der Waals surface area contributed by atoms with Crippen molar-refractivity contribution in [2.75, 3.05) is 0 Å². The Labute approximate surface area is 110 Å². The quantitative estimate of drug-likeness (QED) is 0.287. The molecule has 11 heteroatoms. The summed E-state index contributed by atoms with van der Waals surface area (Å²) in [6.07, 6.45) is 2.05. The highest BCUT2D eigenvalue weighted by atomic mass is 32.2. The van der Waals surface area contributed by atoms with Crippen molar-refractivity contribution >= 4 is 20.2 Å². The number of nitrogens with two attached hydrogens (primary N) is 1. The Bertz CT molecular complexity index is 675. The molecule has 9 nitrogen and oxygen atoms in total. The van der Waals surface area contributed by atoms with Gasteiger partial charge in [0.15, 0.2) is 0 Å². The summed E-state index contributed by atoms with van der Waals surface area (Å²) in [4.78, 5) is 0. The maximum absolute atomic E-state index is 11.5. The summed E-state index contributed by atoms with van der Waals surface area (Å²) in [6.45, 7) is 2.21. The number of hydrogen-bond acceptors (Lipinski definition) is 6. The first-order valence-electron chi connectivity index (χ1n) is 4.90. The standard InChI is InChI=1S/C8H13N3O6S2/c1-5-6(10-11-9)3-4-7(18(12,13)14)8(5,2)19(15,16)17/h3-4,7H,1-2H3,(H2,9,10)(H,12,13,14)(H,15,16,17). The second-order valence-corrected chi connectivity index (χ2v) is 7.44. The summed E-state index contributed by atoms with van der Waals surface area (Å²) in [5, 5.41) is 4.55. The molecule has 0 saturated heterocycles. The molecule has 0 aromatic heterocycles. The van der Waals surface area contributed by atoms with Crippen molar-refractivity contribution in [2.45, 2.75) is 23.8 Å². The zero-order valence-corrected chi connectivity index (χ0v) is 11.7. The average Bonchev–Trinajstić information content (AvgIpc) is 2.21.